The molecule has 68 valence electrons. The van der Waals surface area contributed by atoms with Gasteiger partial charge in [-0.1, -0.05) is 0 Å². The molecule has 0 saturated carbocycles. The molecule has 0 bridgehead atoms. The van der Waals surface area contributed by atoms with Crippen LogP contribution >= 0.6 is 0 Å². The van der Waals surface area contributed by atoms with E-state index in [9.17, 15) is 9.59 Å². The topological polar surface area (TPSA) is 115 Å². The maximum atomic E-state index is 10.2. The summed E-state index contributed by atoms with van der Waals surface area (Å²) in [5.74, 6) is -3.10. The van der Waals surface area contributed by atoms with Gasteiger partial charge in [0.1, 0.15) is 0 Å². The van der Waals surface area contributed by atoms with E-state index < -0.39 is 36.3 Å². The minimum atomic E-state index is -1.55. The quantitative estimate of drug-likeness (QED) is 0.385. The molecule has 0 amide bonds. The van der Waals surface area contributed by atoms with Crippen LogP contribution in [0.1, 0.15) is 0 Å². The third-order valence-electron chi connectivity index (χ3n) is 1.20. The summed E-state index contributed by atoms with van der Waals surface area (Å²) >= 11 is 0. The summed E-state index contributed by atoms with van der Waals surface area (Å²) in [5.41, 5.74) is -1.41. The number of aliphatic hydroxyl groups is 2. The second-order valence-corrected chi connectivity index (χ2v) is 1.88. The van der Waals surface area contributed by atoms with Crippen molar-refractivity contribution in [1.82, 2.24) is 0 Å². The first-order valence-corrected chi connectivity index (χ1v) is 2.95. The Morgan fingerprint density at radius 3 is 1.17 bits per heavy atom. The molecule has 0 aromatic rings. The highest BCUT2D eigenvalue weighted by Gasteiger charge is 2.18. The normalized spacial score (nSPS) is 12.2. The molecule has 0 aliphatic heterocycles. The lowest BCUT2D eigenvalue weighted by Gasteiger charge is -2.01. The van der Waals surface area contributed by atoms with E-state index in [2.05, 4.69) is 0 Å². The minimum Gasteiger partial charge on any atom is -0.478 e. The minimum absolute atomic E-state index is 0.704. The van der Waals surface area contributed by atoms with Gasteiger partial charge in [-0.15, -0.1) is 0 Å². The lowest BCUT2D eigenvalue weighted by molar-refractivity contribution is -0.136. The van der Waals surface area contributed by atoms with Crippen LogP contribution in [-0.4, -0.2) is 45.6 Å². The summed E-state index contributed by atoms with van der Waals surface area (Å²) in [7, 11) is 0. The Bertz CT molecular complexity index is 204. The summed E-state index contributed by atoms with van der Waals surface area (Å²) in [4.78, 5) is 20.5. The Labute approximate surface area is 67.4 Å². The summed E-state index contributed by atoms with van der Waals surface area (Å²) in [6.45, 7) is -1.84. The molecule has 6 nitrogen and oxygen atoms in total. The first-order valence-electron chi connectivity index (χ1n) is 2.95. The maximum Gasteiger partial charge on any atom is 0.334 e. The molecule has 12 heavy (non-hydrogen) atoms. The second kappa shape index (κ2) is 4.47. The van der Waals surface area contributed by atoms with E-state index in [1.165, 1.54) is 0 Å². The van der Waals surface area contributed by atoms with E-state index in [4.69, 9.17) is 20.4 Å². The van der Waals surface area contributed by atoms with Crippen LogP contribution in [0.15, 0.2) is 11.1 Å². The molecule has 0 radical (unpaired) electrons. The summed E-state index contributed by atoms with van der Waals surface area (Å²) in [5, 5.41) is 33.5. The molecule has 0 fully saturated rings. The maximum absolute atomic E-state index is 10.2. The van der Waals surface area contributed by atoms with Crippen molar-refractivity contribution in [2.24, 2.45) is 0 Å². The standard InChI is InChI=1S/C6H8O6/c7-1-3(5(9)10)4(2-8)6(11)12/h7-8H,1-2H2,(H,9,10)(H,11,12)/b4-3-. The van der Waals surface area contributed by atoms with E-state index >= 15 is 0 Å². The van der Waals surface area contributed by atoms with Gasteiger partial charge in [-0.05, 0) is 0 Å². The number of hydrogen-bond donors (Lipinski definition) is 4. The average molecular weight is 176 g/mol. The van der Waals surface area contributed by atoms with Crippen molar-refractivity contribution >= 4 is 11.9 Å². The molecule has 0 unspecified atom stereocenters. The number of carboxylic acid groups (broad SMARTS) is 2. The predicted octanol–water partition coefficient (Wildman–Crippen LogP) is -1.56. The van der Waals surface area contributed by atoms with Gasteiger partial charge in [-0.3, -0.25) is 0 Å². The van der Waals surface area contributed by atoms with Crippen LogP contribution in [0.5, 0.6) is 0 Å². The van der Waals surface area contributed by atoms with E-state index in [1.807, 2.05) is 0 Å². The lowest BCUT2D eigenvalue weighted by Crippen LogP contribution is -2.16. The molecule has 0 rings (SSSR count). The Morgan fingerprint density at radius 1 is 0.833 bits per heavy atom. The highest BCUT2D eigenvalue weighted by molar-refractivity contribution is 5.99. The molecule has 0 spiro atoms. The Hall–Kier alpha value is -1.40. The number of carbonyl (C=O) groups is 2. The van der Waals surface area contributed by atoms with E-state index in [0.29, 0.717) is 0 Å². The van der Waals surface area contributed by atoms with Crippen LogP contribution in [0.25, 0.3) is 0 Å². The first-order chi connectivity index (χ1) is 5.54. The molecule has 0 aromatic carbocycles. The van der Waals surface area contributed by atoms with Gasteiger partial charge >= 0.3 is 11.9 Å². The molecule has 6 heteroatoms. The molecule has 4 N–H and O–H groups in total. The van der Waals surface area contributed by atoms with Crippen LogP contribution in [-0.2, 0) is 9.59 Å². The Morgan fingerprint density at radius 2 is 1.08 bits per heavy atom. The number of aliphatic hydroxyl groups excluding tert-OH is 2. The van der Waals surface area contributed by atoms with Gasteiger partial charge in [0.05, 0.1) is 24.4 Å². The van der Waals surface area contributed by atoms with Crippen LogP contribution < -0.4 is 0 Å². The van der Waals surface area contributed by atoms with Crippen LogP contribution in [0, 0.1) is 0 Å². The van der Waals surface area contributed by atoms with E-state index in [1.54, 1.807) is 0 Å². The molecular formula is C6H8O6. The van der Waals surface area contributed by atoms with Crippen molar-refractivity contribution in [3.63, 3.8) is 0 Å². The van der Waals surface area contributed by atoms with Gasteiger partial charge in [-0.2, -0.15) is 0 Å². The van der Waals surface area contributed by atoms with Crippen molar-refractivity contribution in [2.45, 2.75) is 0 Å². The molecule has 0 aliphatic rings. The average Bonchev–Trinajstić information content (AvgIpc) is 1.98. The number of rotatable bonds is 4. The van der Waals surface area contributed by atoms with Crippen molar-refractivity contribution in [2.75, 3.05) is 13.2 Å². The lowest BCUT2D eigenvalue weighted by atomic mass is 10.1. The molecule has 0 saturated heterocycles. The van der Waals surface area contributed by atoms with Gasteiger partial charge < -0.3 is 20.4 Å². The van der Waals surface area contributed by atoms with Crippen LogP contribution in [0.4, 0.5) is 0 Å². The van der Waals surface area contributed by atoms with Crippen molar-refractivity contribution in [3.8, 4) is 0 Å². The SMILES string of the molecule is O=C(O)/C(CO)=C(/CO)C(=O)O. The second-order valence-electron chi connectivity index (χ2n) is 1.88. The van der Waals surface area contributed by atoms with Crippen molar-refractivity contribution in [1.29, 1.82) is 0 Å². The van der Waals surface area contributed by atoms with Gasteiger partial charge in [-0.25, -0.2) is 9.59 Å². The zero-order valence-electron chi connectivity index (χ0n) is 6.02. The monoisotopic (exact) mass is 176 g/mol. The summed E-state index contributed by atoms with van der Waals surface area (Å²) in [6.07, 6.45) is 0. The van der Waals surface area contributed by atoms with E-state index in [-0.39, 0.29) is 0 Å². The first kappa shape index (κ1) is 10.6. The highest BCUT2D eigenvalue weighted by atomic mass is 16.4. The van der Waals surface area contributed by atoms with Gasteiger partial charge in [0, 0.05) is 0 Å². The highest BCUT2D eigenvalue weighted by Crippen LogP contribution is 2.03. The fourth-order valence-electron chi connectivity index (χ4n) is 0.584. The number of hydrogen-bond acceptors (Lipinski definition) is 4. The molecular weight excluding hydrogens is 168 g/mol. The largest absolute Gasteiger partial charge is 0.478 e. The van der Waals surface area contributed by atoms with E-state index in [0.717, 1.165) is 0 Å². The number of aliphatic carboxylic acids is 2. The fourth-order valence-corrected chi connectivity index (χ4v) is 0.584. The van der Waals surface area contributed by atoms with Gasteiger partial charge in [0.2, 0.25) is 0 Å². The zero-order valence-corrected chi connectivity index (χ0v) is 6.02. The van der Waals surface area contributed by atoms with Crippen LogP contribution in [0.2, 0.25) is 0 Å². The zero-order chi connectivity index (χ0) is 9.72. The van der Waals surface area contributed by atoms with Gasteiger partial charge in [0.25, 0.3) is 0 Å². The third kappa shape index (κ3) is 2.33. The number of carboxylic acids is 2. The smallest absolute Gasteiger partial charge is 0.334 e. The predicted molar refractivity (Wildman–Crippen MR) is 36.5 cm³/mol. The Balaban J connectivity index is 5.01. The molecule has 0 aromatic heterocycles. The third-order valence-corrected chi connectivity index (χ3v) is 1.20. The van der Waals surface area contributed by atoms with Crippen molar-refractivity contribution < 1.29 is 30.0 Å². The van der Waals surface area contributed by atoms with Crippen LogP contribution in [0.3, 0.4) is 0 Å². The fraction of sp³-hybridized carbons (Fsp3) is 0.333. The molecule has 0 aliphatic carbocycles. The van der Waals surface area contributed by atoms with Gasteiger partial charge in [0.15, 0.2) is 0 Å². The summed E-state index contributed by atoms with van der Waals surface area (Å²) < 4.78 is 0. The Kier molecular flexibility index (Phi) is 3.95. The molecule has 0 heterocycles. The van der Waals surface area contributed by atoms with Crippen molar-refractivity contribution in [3.05, 3.63) is 11.1 Å². The summed E-state index contributed by atoms with van der Waals surface area (Å²) in [6, 6.07) is 0. The molecule has 0 atom stereocenters.